The van der Waals surface area contributed by atoms with Crippen LogP contribution in [0.1, 0.15) is 50.4 Å². The Kier molecular flexibility index (Phi) is 12.2. The van der Waals surface area contributed by atoms with Crippen molar-refractivity contribution < 1.29 is 36.2 Å². The zero-order chi connectivity index (χ0) is 33.5. The first-order valence-corrected chi connectivity index (χ1v) is 19.1. The normalized spacial score (nSPS) is 21.2. The van der Waals surface area contributed by atoms with Crippen molar-refractivity contribution in [3.05, 3.63) is 71.6 Å². The summed E-state index contributed by atoms with van der Waals surface area (Å²) in [6.45, 7) is 5.75. The number of fused-ring (bicyclic) bond motifs is 1. The maximum absolute atomic E-state index is 14.3. The summed E-state index contributed by atoms with van der Waals surface area (Å²) in [5.41, 5.74) is 0.334. The Morgan fingerprint density at radius 2 is 1.80 bits per heavy atom. The number of aliphatic hydroxyl groups excluding tert-OH is 1. The molecule has 0 radical (unpaired) electrons. The van der Waals surface area contributed by atoms with Crippen LogP contribution >= 0.6 is 11.3 Å². The summed E-state index contributed by atoms with van der Waals surface area (Å²) in [6, 6.07) is 15.3. The molecule has 14 heteroatoms. The number of benzene rings is 2. The number of anilines is 1. The summed E-state index contributed by atoms with van der Waals surface area (Å²) in [6.07, 6.45) is 1.34. The van der Waals surface area contributed by atoms with Crippen molar-refractivity contribution in [3.63, 3.8) is 0 Å². The van der Waals surface area contributed by atoms with E-state index in [2.05, 4.69) is 4.72 Å². The van der Waals surface area contributed by atoms with Crippen LogP contribution in [0.25, 0.3) is 0 Å². The second-order valence-corrected chi connectivity index (χ2v) is 16.5. The van der Waals surface area contributed by atoms with Crippen molar-refractivity contribution in [1.29, 1.82) is 0 Å². The maximum atomic E-state index is 14.3. The van der Waals surface area contributed by atoms with Crippen LogP contribution in [0, 0.1) is 5.92 Å². The van der Waals surface area contributed by atoms with Crippen molar-refractivity contribution in [1.82, 2.24) is 9.21 Å². The molecule has 11 nitrogen and oxygen atoms in total. The third-order valence-electron chi connectivity index (χ3n) is 7.95. The summed E-state index contributed by atoms with van der Waals surface area (Å²) in [4.78, 5) is 16.0. The molecule has 1 aromatic heterocycles. The van der Waals surface area contributed by atoms with Crippen LogP contribution in [0.4, 0.5) is 5.69 Å². The largest absolute Gasteiger partial charge is 0.490 e. The van der Waals surface area contributed by atoms with Gasteiger partial charge in [0, 0.05) is 38.3 Å². The Hall–Kier alpha value is -3.01. The monoisotopic (exact) mass is 693 g/mol. The molecule has 1 aliphatic heterocycles. The van der Waals surface area contributed by atoms with Gasteiger partial charge in [0.25, 0.3) is 15.9 Å². The molecule has 2 N–H and O–H groups in total. The summed E-state index contributed by atoms with van der Waals surface area (Å²) in [5, 5.41) is 11.8. The summed E-state index contributed by atoms with van der Waals surface area (Å²) >= 11 is 1.08. The highest BCUT2D eigenvalue weighted by atomic mass is 32.2. The first-order valence-electron chi connectivity index (χ1n) is 15.2. The van der Waals surface area contributed by atoms with Gasteiger partial charge >= 0.3 is 0 Å². The minimum Gasteiger partial charge on any atom is -0.490 e. The molecule has 2 aromatic carbocycles. The van der Waals surface area contributed by atoms with Crippen LogP contribution in [0.3, 0.4) is 0 Å². The number of thiophene rings is 1. The van der Waals surface area contributed by atoms with Gasteiger partial charge in [0.1, 0.15) is 9.96 Å². The van der Waals surface area contributed by atoms with Gasteiger partial charge in [-0.2, -0.15) is 4.31 Å². The third kappa shape index (κ3) is 8.87. The van der Waals surface area contributed by atoms with Crippen molar-refractivity contribution in [2.75, 3.05) is 38.1 Å². The first-order chi connectivity index (χ1) is 21.8. The smallest absolute Gasteiger partial charge is 0.271 e. The lowest BCUT2D eigenvalue weighted by Crippen LogP contribution is -2.48. The SMILES string of the molecule is C[C@H]1CCCCO[C@H](CN(C)S(=O)(=O)c2ccccc2)[C@@H](C)CN([C@@H](C)CO)C(=O)c2cc(NS(=O)(=O)c3cccs3)ccc2O1. The summed E-state index contributed by atoms with van der Waals surface area (Å²) < 4.78 is 69.1. The van der Waals surface area contributed by atoms with Gasteiger partial charge in [-0.1, -0.05) is 31.2 Å². The van der Waals surface area contributed by atoms with E-state index in [1.807, 2.05) is 13.8 Å². The fourth-order valence-corrected chi connectivity index (χ4v) is 8.44. The molecule has 0 saturated carbocycles. The van der Waals surface area contributed by atoms with Gasteiger partial charge in [-0.15, -0.1) is 11.3 Å². The van der Waals surface area contributed by atoms with Crippen molar-refractivity contribution >= 4 is 43.0 Å². The number of likely N-dealkylation sites (N-methyl/N-ethyl adjacent to an activating group) is 1. The number of carbonyl (C=O) groups is 1. The van der Waals surface area contributed by atoms with Crippen molar-refractivity contribution in [2.24, 2.45) is 5.92 Å². The number of sulfonamides is 2. The number of nitrogens with one attached hydrogen (secondary N) is 1. The first kappa shape index (κ1) is 35.8. The average Bonchev–Trinajstić information content (AvgIpc) is 3.59. The lowest BCUT2D eigenvalue weighted by molar-refractivity contribution is -0.00833. The molecule has 2 heterocycles. The zero-order valence-electron chi connectivity index (χ0n) is 26.5. The molecule has 3 aromatic rings. The lowest BCUT2D eigenvalue weighted by atomic mass is 10.0. The van der Waals surface area contributed by atoms with Crippen LogP contribution in [-0.2, 0) is 24.8 Å². The van der Waals surface area contributed by atoms with E-state index < -0.39 is 38.1 Å². The minimum atomic E-state index is -3.88. The fraction of sp³-hybridized carbons (Fsp3) is 0.469. The standard InChI is InChI=1S/C32H43N3O8S3/c1-23-20-35(24(2)22-36)32(37)28-19-26(33-45(38,39)31-14-10-18-44-31)15-16-29(28)43-25(3)11-8-9-17-42-30(23)21-34(4)46(40,41)27-12-6-5-7-13-27/h5-7,10,12-16,18-19,23-25,30,33,36H,8-9,11,17,20-22H2,1-4H3/t23-,24-,25-,30+/m0/s1. The molecule has 0 fully saturated rings. The van der Waals surface area contributed by atoms with Gasteiger partial charge in [0.15, 0.2) is 0 Å². The number of nitrogens with zero attached hydrogens (tertiary/aromatic N) is 2. The number of rotatable bonds is 9. The van der Waals surface area contributed by atoms with Gasteiger partial charge in [0.2, 0.25) is 10.0 Å². The molecule has 0 spiro atoms. The van der Waals surface area contributed by atoms with Gasteiger partial charge in [-0.3, -0.25) is 9.52 Å². The number of ether oxygens (including phenoxy) is 2. The van der Waals surface area contributed by atoms with E-state index >= 15 is 0 Å². The van der Waals surface area contributed by atoms with Gasteiger partial charge < -0.3 is 19.5 Å². The highest BCUT2D eigenvalue weighted by Gasteiger charge is 2.32. The topological polar surface area (TPSA) is 143 Å². The second-order valence-electron chi connectivity index (χ2n) is 11.6. The molecule has 0 bridgehead atoms. The number of hydrogen-bond acceptors (Lipinski definition) is 9. The molecule has 1 amide bonds. The molecule has 252 valence electrons. The van der Waals surface area contributed by atoms with Crippen molar-refractivity contribution in [2.45, 2.75) is 67.4 Å². The van der Waals surface area contributed by atoms with Crippen LogP contribution in [-0.4, -0.2) is 88.7 Å². The van der Waals surface area contributed by atoms with E-state index in [-0.39, 0.29) is 52.1 Å². The highest BCUT2D eigenvalue weighted by Crippen LogP contribution is 2.30. The van der Waals surface area contributed by atoms with Gasteiger partial charge in [-0.05, 0) is 74.9 Å². The highest BCUT2D eigenvalue weighted by molar-refractivity contribution is 7.94. The van der Waals surface area contributed by atoms with Crippen LogP contribution in [0.5, 0.6) is 5.75 Å². The maximum Gasteiger partial charge on any atom is 0.271 e. The Balaban J connectivity index is 1.67. The fourth-order valence-electron chi connectivity index (χ4n) is 5.19. The zero-order valence-corrected chi connectivity index (χ0v) is 29.0. The van der Waals surface area contributed by atoms with E-state index in [0.717, 1.165) is 24.2 Å². The van der Waals surface area contributed by atoms with E-state index in [0.29, 0.717) is 18.8 Å². The Morgan fingerprint density at radius 1 is 1.07 bits per heavy atom. The van der Waals surface area contributed by atoms with E-state index in [9.17, 15) is 26.7 Å². The molecule has 0 unspecified atom stereocenters. The average molecular weight is 694 g/mol. The summed E-state index contributed by atoms with van der Waals surface area (Å²) in [5.74, 6) is -0.509. The van der Waals surface area contributed by atoms with Gasteiger partial charge in [-0.25, -0.2) is 16.8 Å². The molecular formula is C32H43N3O8S3. The van der Waals surface area contributed by atoms with Crippen LogP contribution < -0.4 is 9.46 Å². The van der Waals surface area contributed by atoms with Gasteiger partial charge in [0.05, 0.1) is 35.3 Å². The van der Waals surface area contributed by atoms with E-state index in [4.69, 9.17) is 9.47 Å². The second kappa shape index (κ2) is 15.7. The quantitative estimate of drug-likeness (QED) is 0.330. The Morgan fingerprint density at radius 3 is 2.48 bits per heavy atom. The number of amides is 1. The molecule has 4 atom stereocenters. The van der Waals surface area contributed by atoms with Crippen LogP contribution in [0.15, 0.2) is 75.1 Å². The molecular weight excluding hydrogens is 651 g/mol. The molecule has 1 aliphatic rings. The van der Waals surface area contributed by atoms with Crippen LogP contribution in [0.2, 0.25) is 0 Å². The van der Waals surface area contributed by atoms with Crippen molar-refractivity contribution in [3.8, 4) is 5.75 Å². The Bertz CT molecular complexity index is 1650. The molecule has 46 heavy (non-hydrogen) atoms. The number of carbonyl (C=O) groups excluding carboxylic acids is 1. The van der Waals surface area contributed by atoms with E-state index in [1.165, 1.54) is 28.4 Å². The predicted octanol–water partition coefficient (Wildman–Crippen LogP) is 4.67. The predicted molar refractivity (Wildman–Crippen MR) is 178 cm³/mol. The minimum absolute atomic E-state index is 0.0542. The van der Waals surface area contributed by atoms with E-state index in [1.54, 1.807) is 60.8 Å². The molecule has 4 rings (SSSR count). The molecule has 0 aliphatic carbocycles. The Labute approximate surface area is 276 Å². The lowest BCUT2D eigenvalue weighted by Gasteiger charge is -2.35. The third-order valence-corrected chi connectivity index (χ3v) is 12.6. The number of hydrogen-bond donors (Lipinski definition) is 2. The molecule has 0 saturated heterocycles. The number of aliphatic hydroxyl groups is 1. The summed E-state index contributed by atoms with van der Waals surface area (Å²) in [7, 11) is -6.16.